The van der Waals surface area contributed by atoms with Crippen molar-refractivity contribution in [1.82, 2.24) is 0 Å². The maximum atomic E-state index is 8.97. The van der Waals surface area contributed by atoms with Crippen LogP contribution in [0.3, 0.4) is 0 Å². The van der Waals surface area contributed by atoms with E-state index in [9.17, 15) is 0 Å². The van der Waals surface area contributed by atoms with E-state index in [0.717, 1.165) is 19.6 Å². The molecule has 0 aromatic carbocycles. The Balaban J connectivity index is 2.24. The summed E-state index contributed by atoms with van der Waals surface area (Å²) < 4.78 is 5.06. The lowest BCUT2D eigenvalue weighted by Gasteiger charge is -2.08. The van der Waals surface area contributed by atoms with Crippen LogP contribution in [0.4, 0.5) is 0 Å². The van der Waals surface area contributed by atoms with Crippen LogP contribution in [-0.4, -0.2) is 24.4 Å². The second-order valence-corrected chi connectivity index (χ2v) is 2.36. The van der Waals surface area contributed by atoms with Crippen LogP contribution in [0.5, 0.6) is 0 Å². The molecule has 2 nitrogen and oxygen atoms in total. The van der Waals surface area contributed by atoms with E-state index in [1.54, 1.807) is 0 Å². The van der Waals surface area contributed by atoms with Gasteiger partial charge in [-0.25, -0.2) is 0 Å². The van der Waals surface area contributed by atoms with Gasteiger partial charge in [0.15, 0.2) is 0 Å². The van der Waals surface area contributed by atoms with Gasteiger partial charge in [0.25, 0.3) is 0 Å². The number of rotatable bonds is 1. The smallest absolute Gasteiger partial charge is 0.0563 e. The van der Waals surface area contributed by atoms with Gasteiger partial charge in [0.1, 0.15) is 0 Å². The van der Waals surface area contributed by atoms with E-state index in [-0.39, 0.29) is 6.10 Å². The summed E-state index contributed by atoms with van der Waals surface area (Å²) in [6.07, 6.45) is 0.843. The highest BCUT2D eigenvalue weighted by atomic mass is 16.5. The van der Waals surface area contributed by atoms with Crippen LogP contribution < -0.4 is 0 Å². The van der Waals surface area contributed by atoms with Crippen molar-refractivity contribution in [1.29, 1.82) is 0 Å². The van der Waals surface area contributed by atoms with Crippen LogP contribution in [0.2, 0.25) is 0 Å². The third kappa shape index (κ3) is 1.20. The van der Waals surface area contributed by atoms with Crippen LogP contribution in [0.1, 0.15) is 13.3 Å². The largest absolute Gasteiger partial charge is 0.393 e. The molecule has 0 aliphatic carbocycles. The van der Waals surface area contributed by atoms with Crippen molar-refractivity contribution in [2.75, 3.05) is 13.2 Å². The average molecular weight is 116 g/mol. The number of hydrogen-bond acceptors (Lipinski definition) is 2. The summed E-state index contributed by atoms with van der Waals surface area (Å²) >= 11 is 0. The first-order chi connectivity index (χ1) is 3.80. The molecule has 1 aliphatic heterocycles. The Kier molecular flexibility index (Phi) is 1.86. The first-order valence-corrected chi connectivity index (χ1v) is 3.06. The molecule has 1 heterocycles. The minimum absolute atomic E-state index is 0.183. The molecule has 0 unspecified atom stereocenters. The lowest BCUT2D eigenvalue weighted by molar-refractivity contribution is 0.106. The summed E-state index contributed by atoms with van der Waals surface area (Å²) in [5.74, 6) is 0.398. The van der Waals surface area contributed by atoms with Gasteiger partial charge in [-0.2, -0.15) is 0 Å². The zero-order chi connectivity index (χ0) is 5.98. The van der Waals surface area contributed by atoms with E-state index >= 15 is 0 Å². The van der Waals surface area contributed by atoms with Crippen LogP contribution in [-0.2, 0) is 4.74 Å². The van der Waals surface area contributed by atoms with Gasteiger partial charge in [0.2, 0.25) is 0 Å². The molecule has 1 rings (SSSR count). The summed E-state index contributed by atoms with van der Waals surface area (Å²) in [6.45, 7) is 3.40. The number of hydrogen-bond donors (Lipinski definition) is 1. The Bertz CT molecular complexity index is 64.9. The molecule has 1 aliphatic rings. The standard InChI is InChI=1S/C6H12O2/c1-5(7)6-2-3-8-4-6/h5-7H,2-4H2,1H3/t5-,6-/m0/s1. The summed E-state index contributed by atoms with van der Waals surface area (Å²) in [5.41, 5.74) is 0. The highest BCUT2D eigenvalue weighted by Gasteiger charge is 2.19. The Morgan fingerprint density at radius 2 is 2.50 bits per heavy atom. The number of ether oxygens (including phenoxy) is 1. The summed E-state index contributed by atoms with van der Waals surface area (Å²) in [6, 6.07) is 0. The van der Waals surface area contributed by atoms with E-state index in [1.807, 2.05) is 6.92 Å². The maximum Gasteiger partial charge on any atom is 0.0563 e. The van der Waals surface area contributed by atoms with Gasteiger partial charge in [0.05, 0.1) is 12.7 Å². The quantitative estimate of drug-likeness (QED) is 0.537. The molecule has 2 heteroatoms. The van der Waals surface area contributed by atoms with Crippen LogP contribution in [0.15, 0.2) is 0 Å². The maximum absolute atomic E-state index is 8.97. The second-order valence-electron chi connectivity index (χ2n) is 2.36. The molecule has 48 valence electrons. The number of aliphatic hydroxyl groups is 1. The van der Waals surface area contributed by atoms with Crippen molar-refractivity contribution in [2.24, 2.45) is 5.92 Å². The van der Waals surface area contributed by atoms with Gasteiger partial charge in [-0.1, -0.05) is 0 Å². The van der Waals surface area contributed by atoms with Crippen LogP contribution in [0.25, 0.3) is 0 Å². The fourth-order valence-corrected chi connectivity index (χ4v) is 0.933. The predicted molar refractivity (Wildman–Crippen MR) is 30.6 cm³/mol. The fraction of sp³-hybridized carbons (Fsp3) is 1.00. The van der Waals surface area contributed by atoms with Gasteiger partial charge < -0.3 is 9.84 Å². The van der Waals surface area contributed by atoms with Gasteiger partial charge in [-0.05, 0) is 13.3 Å². The molecule has 0 aromatic rings. The monoisotopic (exact) mass is 116 g/mol. The third-order valence-corrected chi connectivity index (χ3v) is 1.65. The van der Waals surface area contributed by atoms with E-state index in [0.29, 0.717) is 5.92 Å². The zero-order valence-electron chi connectivity index (χ0n) is 5.13. The second kappa shape index (κ2) is 2.46. The molecule has 1 fully saturated rings. The first kappa shape index (κ1) is 6.05. The summed E-state index contributed by atoms with van der Waals surface area (Å²) in [7, 11) is 0. The molecule has 0 aromatic heterocycles. The molecular weight excluding hydrogens is 104 g/mol. The van der Waals surface area contributed by atoms with Gasteiger partial charge in [-0.15, -0.1) is 0 Å². The van der Waals surface area contributed by atoms with E-state index in [4.69, 9.17) is 9.84 Å². The Morgan fingerprint density at radius 1 is 1.75 bits per heavy atom. The van der Waals surface area contributed by atoms with E-state index in [1.165, 1.54) is 0 Å². The van der Waals surface area contributed by atoms with Crippen molar-refractivity contribution in [3.8, 4) is 0 Å². The molecule has 0 amide bonds. The zero-order valence-corrected chi connectivity index (χ0v) is 5.13. The summed E-state index contributed by atoms with van der Waals surface area (Å²) in [4.78, 5) is 0. The molecule has 1 saturated heterocycles. The SMILES string of the molecule is C[C@H](O)[C@H]1CCOC1. The van der Waals surface area contributed by atoms with E-state index < -0.39 is 0 Å². The van der Waals surface area contributed by atoms with Crippen LogP contribution >= 0.6 is 0 Å². The Labute approximate surface area is 49.5 Å². The highest BCUT2D eigenvalue weighted by Crippen LogP contribution is 2.15. The van der Waals surface area contributed by atoms with Gasteiger partial charge >= 0.3 is 0 Å². The lowest BCUT2D eigenvalue weighted by Crippen LogP contribution is -2.15. The van der Waals surface area contributed by atoms with Gasteiger partial charge in [0, 0.05) is 12.5 Å². The number of aliphatic hydroxyl groups excluding tert-OH is 1. The van der Waals surface area contributed by atoms with Crippen molar-refractivity contribution in [3.63, 3.8) is 0 Å². The fourth-order valence-electron chi connectivity index (χ4n) is 0.933. The molecule has 0 bridgehead atoms. The third-order valence-electron chi connectivity index (χ3n) is 1.65. The Morgan fingerprint density at radius 3 is 2.75 bits per heavy atom. The Hall–Kier alpha value is -0.0800. The molecule has 1 N–H and O–H groups in total. The minimum atomic E-state index is -0.183. The molecule has 0 spiro atoms. The van der Waals surface area contributed by atoms with Crippen molar-refractivity contribution < 1.29 is 9.84 Å². The topological polar surface area (TPSA) is 29.5 Å². The van der Waals surface area contributed by atoms with Gasteiger partial charge in [-0.3, -0.25) is 0 Å². The van der Waals surface area contributed by atoms with Crippen molar-refractivity contribution >= 4 is 0 Å². The molecule has 0 radical (unpaired) electrons. The van der Waals surface area contributed by atoms with E-state index in [2.05, 4.69) is 0 Å². The normalized spacial score (nSPS) is 33.0. The molecule has 8 heavy (non-hydrogen) atoms. The van der Waals surface area contributed by atoms with Crippen molar-refractivity contribution in [3.05, 3.63) is 0 Å². The molecule has 0 saturated carbocycles. The minimum Gasteiger partial charge on any atom is -0.393 e. The first-order valence-electron chi connectivity index (χ1n) is 3.06. The molecule has 2 atom stereocenters. The predicted octanol–water partition coefficient (Wildman–Crippen LogP) is 0.404. The highest BCUT2D eigenvalue weighted by molar-refractivity contribution is 4.68. The van der Waals surface area contributed by atoms with Crippen LogP contribution in [0, 0.1) is 5.92 Å². The average Bonchev–Trinajstić information content (AvgIpc) is 2.12. The molecular formula is C6H12O2. The van der Waals surface area contributed by atoms with Crippen molar-refractivity contribution in [2.45, 2.75) is 19.4 Å². The summed E-state index contributed by atoms with van der Waals surface area (Å²) in [5, 5.41) is 8.97. The lowest BCUT2D eigenvalue weighted by atomic mass is 10.0.